The molecule has 0 spiro atoms. The van der Waals surface area contributed by atoms with Crippen LogP contribution in [0.4, 0.5) is 0 Å². The maximum Gasteiger partial charge on any atom is 0.101 e. The van der Waals surface area contributed by atoms with E-state index in [1.54, 1.807) is 0 Å². The summed E-state index contributed by atoms with van der Waals surface area (Å²) in [5.41, 5.74) is 4.70. The lowest BCUT2D eigenvalue weighted by atomic mass is 9.97. The molecule has 0 saturated carbocycles. The van der Waals surface area contributed by atoms with Crippen molar-refractivity contribution in [3.05, 3.63) is 33.3 Å². The molecule has 0 aliphatic carbocycles. The molecule has 0 fully saturated rings. The quantitative estimate of drug-likeness (QED) is 0.740. The van der Waals surface area contributed by atoms with Gasteiger partial charge in [-0.1, -0.05) is 17.7 Å². The van der Waals surface area contributed by atoms with Crippen LogP contribution >= 0.6 is 11.6 Å². The molecule has 1 rings (SSSR count). The fourth-order valence-corrected chi connectivity index (χ4v) is 2.34. The molecule has 0 aliphatic heterocycles. The topological polar surface area (TPSA) is 17.1 Å². The lowest BCUT2D eigenvalue weighted by Crippen LogP contribution is -2.02. The van der Waals surface area contributed by atoms with Crippen molar-refractivity contribution in [2.45, 2.75) is 33.6 Å². The zero-order valence-corrected chi connectivity index (χ0v) is 12.5. The van der Waals surface area contributed by atoms with Crippen molar-refractivity contribution in [2.24, 2.45) is 0 Å². The number of carbonyl (C=O) groups is 1. The number of carbonyl (C=O) groups excluding carboxylic acids is 1. The van der Waals surface area contributed by atoms with Gasteiger partial charge in [0.05, 0.1) is 10.2 Å². The lowest BCUT2D eigenvalue weighted by Gasteiger charge is -2.12. The summed E-state index contributed by atoms with van der Waals surface area (Å²) in [5.74, 6) is 0. The van der Waals surface area contributed by atoms with Crippen molar-refractivity contribution in [2.75, 3.05) is 0 Å². The third-order valence-electron chi connectivity index (χ3n) is 2.82. The van der Waals surface area contributed by atoms with E-state index >= 15 is 0 Å². The van der Waals surface area contributed by atoms with Gasteiger partial charge in [0, 0.05) is 11.4 Å². The first-order chi connectivity index (χ1) is 6.93. The van der Waals surface area contributed by atoms with E-state index in [-0.39, 0.29) is 0 Å². The van der Waals surface area contributed by atoms with Crippen LogP contribution in [0.1, 0.15) is 28.7 Å². The molecule has 1 nitrogen and oxygen atoms in total. The second-order valence-corrected chi connectivity index (χ2v) is 5.62. The van der Waals surface area contributed by atoms with Crippen LogP contribution in [0.15, 0.2) is 6.07 Å². The SMILES string of the molecule is Cc1cc(C)c(CCC(=O)[SiH3])c(Cl)c1C. The van der Waals surface area contributed by atoms with Gasteiger partial charge in [0.2, 0.25) is 0 Å². The molecule has 3 heteroatoms. The Labute approximate surface area is 99.3 Å². The first-order valence-corrected chi connectivity index (χ1v) is 6.56. The second kappa shape index (κ2) is 4.95. The highest BCUT2D eigenvalue weighted by molar-refractivity contribution is 6.57. The van der Waals surface area contributed by atoms with Crippen molar-refractivity contribution in [1.82, 2.24) is 0 Å². The summed E-state index contributed by atoms with van der Waals surface area (Å²) in [6, 6.07) is 2.15. The third-order valence-corrected chi connectivity index (χ3v) is 3.83. The summed E-state index contributed by atoms with van der Waals surface area (Å²) in [5, 5.41) is 1.19. The normalized spacial score (nSPS) is 10.7. The standard InChI is InChI=1S/C12H17ClOSi/c1-7-6-8(2)10(4-5-11(14)15)12(13)9(7)3/h6H,4-5H2,1-3,15H3. The molecule has 0 unspecified atom stereocenters. The van der Waals surface area contributed by atoms with Crippen LogP contribution in [0.5, 0.6) is 0 Å². The van der Waals surface area contributed by atoms with Crippen LogP contribution in [0, 0.1) is 20.8 Å². The van der Waals surface area contributed by atoms with E-state index in [1.807, 2.05) is 6.92 Å². The first kappa shape index (κ1) is 12.5. The van der Waals surface area contributed by atoms with Gasteiger partial charge in [-0.15, -0.1) is 0 Å². The Kier molecular flexibility index (Phi) is 4.11. The van der Waals surface area contributed by atoms with E-state index < -0.39 is 0 Å². The zero-order valence-electron chi connectivity index (χ0n) is 9.78. The average molecular weight is 241 g/mol. The Bertz CT molecular complexity index is 399. The summed E-state index contributed by atoms with van der Waals surface area (Å²) in [7, 11) is 0.640. The van der Waals surface area contributed by atoms with Crippen LogP contribution < -0.4 is 0 Å². The molecule has 82 valence electrons. The number of hydrogen-bond donors (Lipinski definition) is 0. The van der Waals surface area contributed by atoms with E-state index in [4.69, 9.17) is 11.6 Å². The predicted octanol–water partition coefficient (Wildman–Crippen LogP) is 2.09. The number of halogens is 1. The maximum atomic E-state index is 11.0. The molecule has 0 radical (unpaired) electrons. The van der Waals surface area contributed by atoms with E-state index in [2.05, 4.69) is 19.9 Å². The van der Waals surface area contributed by atoms with Crippen LogP contribution in [-0.4, -0.2) is 15.6 Å². The molecular formula is C12H17ClOSi. The maximum absolute atomic E-state index is 11.0. The molecular weight excluding hydrogens is 224 g/mol. The highest BCUT2D eigenvalue weighted by atomic mass is 35.5. The van der Waals surface area contributed by atoms with Crippen molar-refractivity contribution in [1.29, 1.82) is 0 Å². The van der Waals surface area contributed by atoms with Crippen molar-refractivity contribution in [3.63, 3.8) is 0 Å². The molecule has 0 aromatic heterocycles. The molecule has 0 saturated heterocycles. The largest absolute Gasteiger partial charge is 0.307 e. The fraction of sp³-hybridized carbons (Fsp3) is 0.417. The summed E-state index contributed by atoms with van der Waals surface area (Å²) in [4.78, 5) is 11.0. The third kappa shape index (κ3) is 2.92. The van der Waals surface area contributed by atoms with E-state index in [1.165, 1.54) is 11.1 Å². The van der Waals surface area contributed by atoms with E-state index in [0.717, 1.165) is 22.6 Å². The summed E-state index contributed by atoms with van der Waals surface area (Å²) < 4.78 is 0. The van der Waals surface area contributed by atoms with E-state index in [9.17, 15) is 4.79 Å². The average Bonchev–Trinajstić information content (AvgIpc) is 2.14. The van der Waals surface area contributed by atoms with Gasteiger partial charge in [0.25, 0.3) is 0 Å². The summed E-state index contributed by atoms with van der Waals surface area (Å²) in [6.45, 7) is 6.16. The van der Waals surface area contributed by atoms with Crippen LogP contribution in [0.25, 0.3) is 0 Å². The monoisotopic (exact) mass is 240 g/mol. The van der Waals surface area contributed by atoms with Crippen molar-refractivity contribution < 1.29 is 4.79 Å². The number of hydrogen-bond acceptors (Lipinski definition) is 1. The van der Waals surface area contributed by atoms with Gasteiger partial charge >= 0.3 is 0 Å². The fourth-order valence-electron chi connectivity index (χ4n) is 1.70. The van der Waals surface area contributed by atoms with Crippen LogP contribution in [-0.2, 0) is 11.2 Å². The Morgan fingerprint density at radius 2 is 1.93 bits per heavy atom. The Morgan fingerprint density at radius 1 is 1.33 bits per heavy atom. The minimum Gasteiger partial charge on any atom is -0.307 e. The molecule has 0 heterocycles. The van der Waals surface area contributed by atoms with Gasteiger partial charge in [0.1, 0.15) is 5.41 Å². The predicted molar refractivity (Wildman–Crippen MR) is 68.9 cm³/mol. The number of benzene rings is 1. The Morgan fingerprint density at radius 3 is 2.47 bits per heavy atom. The van der Waals surface area contributed by atoms with Gasteiger partial charge in [-0.05, 0) is 49.4 Å². The zero-order chi connectivity index (χ0) is 11.6. The van der Waals surface area contributed by atoms with Gasteiger partial charge in [0.15, 0.2) is 0 Å². The highest BCUT2D eigenvalue weighted by Gasteiger charge is 2.10. The number of rotatable bonds is 3. The summed E-state index contributed by atoms with van der Waals surface area (Å²) in [6.07, 6.45) is 1.42. The minimum atomic E-state index is 0.351. The highest BCUT2D eigenvalue weighted by Crippen LogP contribution is 2.27. The van der Waals surface area contributed by atoms with Gasteiger partial charge in [-0.3, -0.25) is 0 Å². The molecule has 0 atom stereocenters. The molecule has 1 aromatic carbocycles. The van der Waals surface area contributed by atoms with Crippen molar-refractivity contribution in [3.8, 4) is 0 Å². The minimum absolute atomic E-state index is 0.351. The van der Waals surface area contributed by atoms with Crippen molar-refractivity contribution >= 4 is 27.2 Å². The molecule has 0 N–H and O–H groups in total. The molecule has 0 aliphatic rings. The van der Waals surface area contributed by atoms with Crippen LogP contribution in [0.3, 0.4) is 0 Å². The Balaban J connectivity index is 3.07. The molecule has 0 amide bonds. The Hall–Kier alpha value is -0.603. The second-order valence-electron chi connectivity index (χ2n) is 4.13. The molecule has 15 heavy (non-hydrogen) atoms. The van der Waals surface area contributed by atoms with Gasteiger partial charge in [-0.25, -0.2) is 0 Å². The van der Waals surface area contributed by atoms with E-state index in [0.29, 0.717) is 22.1 Å². The molecule has 1 aromatic rings. The smallest absolute Gasteiger partial charge is 0.101 e. The van der Waals surface area contributed by atoms with Gasteiger partial charge < -0.3 is 4.79 Å². The number of aryl methyl sites for hydroxylation is 2. The van der Waals surface area contributed by atoms with Gasteiger partial charge in [-0.2, -0.15) is 0 Å². The summed E-state index contributed by atoms with van der Waals surface area (Å²) >= 11 is 6.29. The molecule has 0 bridgehead atoms. The first-order valence-electron chi connectivity index (χ1n) is 5.18. The van der Waals surface area contributed by atoms with Crippen LogP contribution in [0.2, 0.25) is 5.02 Å². The lowest BCUT2D eigenvalue weighted by molar-refractivity contribution is -0.111.